The van der Waals surface area contributed by atoms with Crippen LogP contribution < -0.4 is 5.73 Å². The van der Waals surface area contributed by atoms with E-state index in [2.05, 4.69) is 27.7 Å². The van der Waals surface area contributed by atoms with Gasteiger partial charge in [0.1, 0.15) is 0 Å². The topological polar surface area (TPSA) is 35.2 Å². The lowest BCUT2D eigenvalue weighted by atomic mass is 9.83. The fourth-order valence-corrected chi connectivity index (χ4v) is 1.99. The van der Waals surface area contributed by atoms with Gasteiger partial charge in [0.15, 0.2) is 0 Å². The van der Waals surface area contributed by atoms with Crippen molar-refractivity contribution in [3.63, 3.8) is 0 Å². The molecule has 2 N–H and O–H groups in total. The van der Waals surface area contributed by atoms with E-state index in [-0.39, 0.29) is 11.6 Å². The van der Waals surface area contributed by atoms with Gasteiger partial charge in [0, 0.05) is 12.6 Å². The van der Waals surface area contributed by atoms with E-state index in [1.54, 1.807) is 0 Å². The van der Waals surface area contributed by atoms with Gasteiger partial charge < -0.3 is 10.5 Å². The molecule has 1 saturated heterocycles. The first-order chi connectivity index (χ1) is 6.33. The van der Waals surface area contributed by atoms with Crippen LogP contribution in [0, 0.1) is 5.41 Å². The highest BCUT2D eigenvalue weighted by atomic mass is 16.5. The number of rotatable bonds is 3. The van der Waals surface area contributed by atoms with Crippen molar-refractivity contribution in [1.29, 1.82) is 0 Å². The first kappa shape index (κ1) is 12.0. The van der Waals surface area contributed by atoms with Crippen molar-refractivity contribution in [3.8, 4) is 0 Å². The Morgan fingerprint density at radius 3 is 2.50 bits per heavy atom. The maximum absolute atomic E-state index is 6.20. The predicted octanol–water partition coefficient (Wildman–Crippen LogP) is 2.71. The molecule has 0 aromatic rings. The standard InChI is InChI=1S/C12H25NO/c1-11(2,3)8-6-10(13)12(4)7-5-9-14-12/h10H,5-9,13H2,1-4H3. The molecule has 0 aromatic carbocycles. The molecule has 0 bridgehead atoms. The third kappa shape index (κ3) is 3.25. The van der Waals surface area contributed by atoms with E-state index in [0.717, 1.165) is 19.4 Å². The molecule has 0 radical (unpaired) electrons. The summed E-state index contributed by atoms with van der Waals surface area (Å²) in [7, 11) is 0. The molecule has 1 aliphatic rings. The second-order valence-electron chi connectivity index (χ2n) is 5.97. The molecule has 2 heteroatoms. The molecule has 2 atom stereocenters. The quantitative estimate of drug-likeness (QED) is 0.758. The Morgan fingerprint density at radius 2 is 2.07 bits per heavy atom. The highest BCUT2D eigenvalue weighted by Crippen LogP contribution is 2.31. The summed E-state index contributed by atoms with van der Waals surface area (Å²) in [6.45, 7) is 9.83. The highest BCUT2D eigenvalue weighted by Gasteiger charge is 2.36. The summed E-state index contributed by atoms with van der Waals surface area (Å²) in [4.78, 5) is 0. The Morgan fingerprint density at radius 1 is 1.43 bits per heavy atom. The summed E-state index contributed by atoms with van der Waals surface area (Å²) in [5.41, 5.74) is 6.53. The largest absolute Gasteiger partial charge is 0.374 e. The molecule has 2 unspecified atom stereocenters. The first-order valence-corrected chi connectivity index (χ1v) is 5.73. The predicted molar refractivity (Wildman–Crippen MR) is 60.3 cm³/mol. The number of nitrogens with two attached hydrogens (primary N) is 1. The Balaban J connectivity index is 2.37. The van der Waals surface area contributed by atoms with Crippen LogP contribution in [0.3, 0.4) is 0 Å². The van der Waals surface area contributed by atoms with Crippen LogP contribution in [0.2, 0.25) is 0 Å². The molecule has 1 heterocycles. The number of hydrogen-bond donors (Lipinski definition) is 1. The smallest absolute Gasteiger partial charge is 0.0805 e. The lowest BCUT2D eigenvalue weighted by molar-refractivity contribution is -0.00538. The average molecular weight is 199 g/mol. The Bertz CT molecular complexity index is 177. The summed E-state index contributed by atoms with van der Waals surface area (Å²) in [6, 6.07) is 0.198. The fraction of sp³-hybridized carbons (Fsp3) is 1.00. The minimum Gasteiger partial charge on any atom is -0.374 e. The third-order valence-corrected chi connectivity index (χ3v) is 3.24. The van der Waals surface area contributed by atoms with Crippen LogP contribution in [0.1, 0.15) is 53.4 Å². The van der Waals surface area contributed by atoms with Gasteiger partial charge >= 0.3 is 0 Å². The van der Waals surface area contributed by atoms with Gasteiger partial charge in [-0.3, -0.25) is 0 Å². The second kappa shape index (κ2) is 4.19. The zero-order valence-electron chi connectivity index (χ0n) is 10.1. The van der Waals surface area contributed by atoms with Crippen molar-refractivity contribution >= 4 is 0 Å². The lowest BCUT2D eigenvalue weighted by Gasteiger charge is -2.32. The van der Waals surface area contributed by atoms with Gasteiger partial charge in [-0.25, -0.2) is 0 Å². The van der Waals surface area contributed by atoms with E-state index in [9.17, 15) is 0 Å². The normalized spacial score (nSPS) is 30.6. The van der Waals surface area contributed by atoms with Gasteiger partial charge in [-0.05, 0) is 38.0 Å². The van der Waals surface area contributed by atoms with Crippen molar-refractivity contribution in [2.24, 2.45) is 11.1 Å². The Kier molecular flexibility index (Phi) is 3.59. The molecule has 0 aliphatic carbocycles. The number of ether oxygens (including phenoxy) is 1. The fourth-order valence-electron chi connectivity index (χ4n) is 1.99. The summed E-state index contributed by atoms with van der Waals surface area (Å²) >= 11 is 0. The summed E-state index contributed by atoms with van der Waals surface area (Å²) in [5, 5.41) is 0. The molecule has 2 nitrogen and oxygen atoms in total. The third-order valence-electron chi connectivity index (χ3n) is 3.24. The van der Waals surface area contributed by atoms with Gasteiger partial charge in [-0.15, -0.1) is 0 Å². The molecule has 0 spiro atoms. The average Bonchev–Trinajstić information content (AvgIpc) is 2.48. The minimum absolute atomic E-state index is 0.0503. The molecule has 0 amide bonds. The van der Waals surface area contributed by atoms with Crippen LogP contribution in [0.25, 0.3) is 0 Å². The van der Waals surface area contributed by atoms with Crippen molar-refractivity contribution in [2.45, 2.75) is 65.0 Å². The van der Waals surface area contributed by atoms with Crippen LogP contribution in [-0.4, -0.2) is 18.2 Å². The first-order valence-electron chi connectivity index (χ1n) is 5.73. The van der Waals surface area contributed by atoms with Crippen LogP contribution >= 0.6 is 0 Å². The van der Waals surface area contributed by atoms with Crippen molar-refractivity contribution in [2.75, 3.05) is 6.61 Å². The second-order valence-corrected chi connectivity index (χ2v) is 5.97. The molecular formula is C12H25NO. The molecule has 84 valence electrons. The van der Waals surface area contributed by atoms with Gasteiger partial charge in [0.05, 0.1) is 5.60 Å². The van der Waals surface area contributed by atoms with Gasteiger partial charge in [0.25, 0.3) is 0 Å². The van der Waals surface area contributed by atoms with E-state index in [1.165, 1.54) is 12.8 Å². The molecule has 1 rings (SSSR count). The Hall–Kier alpha value is -0.0800. The SMILES string of the molecule is CC(C)(C)CCC(N)C1(C)CCCO1. The monoisotopic (exact) mass is 199 g/mol. The van der Waals surface area contributed by atoms with E-state index >= 15 is 0 Å². The molecule has 14 heavy (non-hydrogen) atoms. The van der Waals surface area contributed by atoms with Crippen molar-refractivity contribution < 1.29 is 4.74 Å². The Labute approximate surface area is 88.2 Å². The summed E-state index contributed by atoms with van der Waals surface area (Å²) in [6.07, 6.45) is 4.53. The van der Waals surface area contributed by atoms with E-state index in [0.29, 0.717) is 5.41 Å². The van der Waals surface area contributed by atoms with E-state index in [4.69, 9.17) is 10.5 Å². The molecule has 0 saturated carbocycles. The van der Waals surface area contributed by atoms with Gasteiger partial charge in [0.2, 0.25) is 0 Å². The molecule has 1 fully saturated rings. The van der Waals surface area contributed by atoms with E-state index in [1.807, 2.05) is 0 Å². The zero-order chi connectivity index (χ0) is 10.8. The summed E-state index contributed by atoms with van der Waals surface area (Å²) < 4.78 is 5.74. The van der Waals surface area contributed by atoms with Gasteiger partial charge in [-0.2, -0.15) is 0 Å². The molecule has 0 aromatic heterocycles. The van der Waals surface area contributed by atoms with Crippen molar-refractivity contribution in [3.05, 3.63) is 0 Å². The van der Waals surface area contributed by atoms with Gasteiger partial charge in [-0.1, -0.05) is 20.8 Å². The van der Waals surface area contributed by atoms with Crippen LogP contribution in [0.15, 0.2) is 0 Å². The number of hydrogen-bond acceptors (Lipinski definition) is 2. The van der Waals surface area contributed by atoms with Crippen LogP contribution in [0.4, 0.5) is 0 Å². The van der Waals surface area contributed by atoms with Crippen molar-refractivity contribution in [1.82, 2.24) is 0 Å². The van der Waals surface area contributed by atoms with E-state index < -0.39 is 0 Å². The van der Waals surface area contributed by atoms with Crippen LogP contribution in [-0.2, 0) is 4.74 Å². The van der Waals surface area contributed by atoms with Crippen LogP contribution in [0.5, 0.6) is 0 Å². The minimum atomic E-state index is -0.0503. The maximum atomic E-state index is 6.20. The summed E-state index contributed by atoms with van der Waals surface area (Å²) in [5.74, 6) is 0. The molecular weight excluding hydrogens is 174 g/mol. The zero-order valence-corrected chi connectivity index (χ0v) is 10.1. The maximum Gasteiger partial charge on any atom is 0.0805 e. The highest BCUT2D eigenvalue weighted by molar-refractivity contribution is 4.91. The lowest BCUT2D eigenvalue weighted by Crippen LogP contribution is -2.45. The molecule has 1 aliphatic heterocycles.